The number of methoxy groups -OCH3 is 1. The first kappa shape index (κ1) is 14.7. The minimum Gasteiger partial charge on any atom is -0.507 e. The van der Waals surface area contributed by atoms with Crippen LogP contribution in [0.4, 0.5) is 0 Å². The Morgan fingerprint density at radius 1 is 1.50 bits per heavy atom. The average Bonchev–Trinajstić information content (AvgIpc) is 2.46. The van der Waals surface area contributed by atoms with Gasteiger partial charge in [-0.15, -0.1) is 0 Å². The van der Waals surface area contributed by atoms with E-state index in [1.807, 2.05) is 6.92 Å². The van der Waals surface area contributed by atoms with Gasteiger partial charge in [-0.2, -0.15) is 0 Å². The Morgan fingerprint density at radius 2 is 2.25 bits per heavy atom. The number of hydrogen-bond donors (Lipinski definition) is 2. The fraction of sp³-hybridized carbons (Fsp3) is 0.533. The lowest BCUT2D eigenvalue weighted by Gasteiger charge is -2.38. The van der Waals surface area contributed by atoms with Gasteiger partial charge in [0.25, 0.3) is 5.91 Å². The third-order valence-electron chi connectivity index (χ3n) is 3.94. The van der Waals surface area contributed by atoms with E-state index < -0.39 is 5.60 Å². The summed E-state index contributed by atoms with van der Waals surface area (Å²) in [6, 6.07) is 4.61. The quantitative estimate of drug-likeness (QED) is 0.885. The minimum absolute atomic E-state index is 0.0973. The SMILES string of the molecule is CC[C@@]1(O)CCCN(C(=O)c2ccc(OC)cc2O)C1. The van der Waals surface area contributed by atoms with Crippen molar-refractivity contribution in [2.24, 2.45) is 0 Å². The molecular formula is C15H21NO4. The first-order valence-electron chi connectivity index (χ1n) is 6.88. The summed E-state index contributed by atoms with van der Waals surface area (Å²) in [5.74, 6) is 0.152. The van der Waals surface area contributed by atoms with Crippen molar-refractivity contribution in [3.05, 3.63) is 23.8 Å². The summed E-state index contributed by atoms with van der Waals surface area (Å²) in [7, 11) is 1.50. The summed E-state index contributed by atoms with van der Waals surface area (Å²) in [4.78, 5) is 14.0. The van der Waals surface area contributed by atoms with Crippen LogP contribution in [0.15, 0.2) is 18.2 Å². The largest absolute Gasteiger partial charge is 0.507 e. The highest BCUT2D eigenvalue weighted by atomic mass is 16.5. The van der Waals surface area contributed by atoms with Gasteiger partial charge in [0.2, 0.25) is 0 Å². The van der Waals surface area contributed by atoms with Crippen molar-refractivity contribution < 1.29 is 19.7 Å². The smallest absolute Gasteiger partial charge is 0.257 e. The molecule has 1 atom stereocenters. The third kappa shape index (κ3) is 2.88. The number of benzene rings is 1. The molecule has 1 amide bonds. The number of carbonyl (C=O) groups excluding carboxylic acids is 1. The Labute approximate surface area is 118 Å². The van der Waals surface area contributed by atoms with Crippen LogP contribution in [0.5, 0.6) is 11.5 Å². The van der Waals surface area contributed by atoms with Crippen molar-refractivity contribution in [3.63, 3.8) is 0 Å². The lowest BCUT2D eigenvalue weighted by atomic mass is 9.90. The molecule has 2 N–H and O–H groups in total. The van der Waals surface area contributed by atoms with Gasteiger partial charge in [0.1, 0.15) is 11.5 Å². The molecule has 1 saturated heterocycles. The minimum atomic E-state index is -0.810. The number of amides is 1. The Hall–Kier alpha value is -1.75. The topological polar surface area (TPSA) is 70.0 Å². The molecule has 5 heteroatoms. The molecule has 0 spiro atoms. The Kier molecular flexibility index (Phi) is 4.18. The second kappa shape index (κ2) is 5.71. The van der Waals surface area contributed by atoms with Gasteiger partial charge in [-0.25, -0.2) is 0 Å². The molecule has 2 rings (SSSR count). The number of ether oxygens (including phenoxy) is 1. The van der Waals surface area contributed by atoms with Crippen molar-refractivity contribution in [1.29, 1.82) is 0 Å². The number of nitrogens with zero attached hydrogens (tertiary/aromatic N) is 1. The van der Waals surface area contributed by atoms with Crippen LogP contribution in [0.25, 0.3) is 0 Å². The highest BCUT2D eigenvalue weighted by molar-refractivity contribution is 5.97. The summed E-state index contributed by atoms with van der Waals surface area (Å²) in [5.41, 5.74) is -0.568. The molecule has 0 bridgehead atoms. The zero-order valence-electron chi connectivity index (χ0n) is 11.9. The van der Waals surface area contributed by atoms with E-state index in [-0.39, 0.29) is 17.2 Å². The second-order valence-electron chi connectivity index (χ2n) is 5.29. The van der Waals surface area contributed by atoms with Crippen LogP contribution in [0.3, 0.4) is 0 Å². The Bertz CT molecular complexity index is 503. The maximum atomic E-state index is 12.4. The van der Waals surface area contributed by atoms with E-state index in [2.05, 4.69) is 0 Å². The number of β-amino-alcohol motifs (C(OH)–C–C–N with tert-alkyl or cyclic N) is 1. The Balaban J connectivity index is 2.19. The van der Waals surface area contributed by atoms with E-state index in [1.54, 1.807) is 17.0 Å². The summed E-state index contributed by atoms with van der Waals surface area (Å²) in [5, 5.41) is 20.2. The van der Waals surface area contributed by atoms with E-state index in [1.165, 1.54) is 13.2 Å². The number of aromatic hydroxyl groups is 1. The number of rotatable bonds is 3. The molecule has 0 saturated carbocycles. The normalized spacial score (nSPS) is 22.6. The number of carbonyl (C=O) groups is 1. The number of likely N-dealkylation sites (tertiary alicyclic amines) is 1. The number of hydrogen-bond acceptors (Lipinski definition) is 4. The molecule has 1 heterocycles. The molecule has 0 unspecified atom stereocenters. The molecule has 20 heavy (non-hydrogen) atoms. The lowest BCUT2D eigenvalue weighted by molar-refractivity contribution is -0.0270. The van der Waals surface area contributed by atoms with E-state index >= 15 is 0 Å². The summed E-state index contributed by atoms with van der Waals surface area (Å²) >= 11 is 0. The first-order chi connectivity index (χ1) is 9.49. The molecule has 1 fully saturated rings. The van der Waals surface area contributed by atoms with Crippen LogP contribution >= 0.6 is 0 Å². The van der Waals surface area contributed by atoms with Crippen LogP contribution in [0, 0.1) is 0 Å². The van der Waals surface area contributed by atoms with Gasteiger partial charge in [-0.1, -0.05) is 6.92 Å². The molecule has 1 aromatic carbocycles. The molecule has 0 radical (unpaired) electrons. The fourth-order valence-electron chi connectivity index (χ4n) is 2.56. The highest BCUT2D eigenvalue weighted by Gasteiger charge is 2.34. The monoisotopic (exact) mass is 279 g/mol. The summed E-state index contributed by atoms with van der Waals surface area (Å²) in [6.45, 7) is 2.83. The van der Waals surface area contributed by atoms with Gasteiger partial charge < -0.3 is 19.8 Å². The average molecular weight is 279 g/mol. The van der Waals surface area contributed by atoms with Crippen LogP contribution < -0.4 is 4.74 Å². The number of piperidine rings is 1. The van der Waals surface area contributed by atoms with Crippen LogP contribution in [-0.2, 0) is 0 Å². The van der Waals surface area contributed by atoms with Gasteiger partial charge in [-0.05, 0) is 31.4 Å². The van der Waals surface area contributed by atoms with E-state index in [9.17, 15) is 15.0 Å². The number of phenolic OH excluding ortho intramolecular Hbond substituents is 1. The molecule has 0 aliphatic carbocycles. The molecule has 1 aliphatic heterocycles. The Morgan fingerprint density at radius 3 is 2.85 bits per heavy atom. The third-order valence-corrected chi connectivity index (χ3v) is 3.94. The van der Waals surface area contributed by atoms with Crippen molar-refractivity contribution in [2.45, 2.75) is 31.8 Å². The van der Waals surface area contributed by atoms with Crippen molar-refractivity contribution in [2.75, 3.05) is 20.2 Å². The number of phenols is 1. The molecule has 1 aromatic rings. The fourth-order valence-corrected chi connectivity index (χ4v) is 2.56. The molecule has 0 aromatic heterocycles. The molecule has 5 nitrogen and oxygen atoms in total. The first-order valence-corrected chi connectivity index (χ1v) is 6.88. The standard InChI is InChI=1S/C15H21NO4/c1-3-15(19)7-4-8-16(10-15)14(18)12-6-5-11(20-2)9-13(12)17/h5-6,9,17,19H,3-4,7-8,10H2,1-2H3/t15-/m1/s1. The molecule has 110 valence electrons. The van der Waals surface area contributed by atoms with E-state index in [4.69, 9.17) is 4.74 Å². The number of aliphatic hydroxyl groups is 1. The van der Waals surface area contributed by atoms with E-state index in [0.29, 0.717) is 31.7 Å². The van der Waals surface area contributed by atoms with Crippen molar-refractivity contribution in [3.8, 4) is 11.5 Å². The van der Waals surface area contributed by atoms with Crippen LogP contribution in [-0.4, -0.2) is 46.8 Å². The lowest BCUT2D eigenvalue weighted by Crippen LogP contribution is -2.49. The van der Waals surface area contributed by atoms with Gasteiger partial charge in [0, 0.05) is 19.2 Å². The predicted octanol–water partition coefficient (Wildman–Crippen LogP) is 1.78. The van der Waals surface area contributed by atoms with Crippen LogP contribution in [0.2, 0.25) is 0 Å². The van der Waals surface area contributed by atoms with E-state index in [0.717, 1.165) is 6.42 Å². The van der Waals surface area contributed by atoms with Gasteiger partial charge in [-0.3, -0.25) is 4.79 Å². The second-order valence-corrected chi connectivity index (χ2v) is 5.29. The molecule has 1 aliphatic rings. The summed E-state index contributed by atoms with van der Waals surface area (Å²) < 4.78 is 5.00. The summed E-state index contributed by atoms with van der Waals surface area (Å²) in [6.07, 6.45) is 2.10. The predicted molar refractivity (Wildman–Crippen MR) is 75.0 cm³/mol. The maximum absolute atomic E-state index is 12.4. The van der Waals surface area contributed by atoms with Crippen molar-refractivity contribution in [1.82, 2.24) is 4.90 Å². The van der Waals surface area contributed by atoms with Crippen LogP contribution in [0.1, 0.15) is 36.5 Å². The highest BCUT2D eigenvalue weighted by Crippen LogP contribution is 2.28. The molecular weight excluding hydrogens is 258 g/mol. The van der Waals surface area contributed by atoms with Crippen molar-refractivity contribution >= 4 is 5.91 Å². The zero-order chi connectivity index (χ0) is 14.8. The van der Waals surface area contributed by atoms with Gasteiger partial charge >= 0.3 is 0 Å². The maximum Gasteiger partial charge on any atom is 0.257 e. The zero-order valence-corrected chi connectivity index (χ0v) is 11.9. The van der Waals surface area contributed by atoms with Gasteiger partial charge in [0.05, 0.1) is 18.3 Å². The van der Waals surface area contributed by atoms with Gasteiger partial charge in [0.15, 0.2) is 0 Å².